The molecule has 0 spiro atoms. The largest absolute Gasteiger partial charge is 0.498 e. The lowest BCUT2D eigenvalue weighted by Gasteiger charge is -2.36. The van der Waals surface area contributed by atoms with Crippen molar-refractivity contribution in [2.24, 2.45) is 11.3 Å². The van der Waals surface area contributed by atoms with E-state index in [0.29, 0.717) is 35.0 Å². The van der Waals surface area contributed by atoms with Gasteiger partial charge < -0.3 is 9.64 Å². The molecule has 2 atom stereocenters. The van der Waals surface area contributed by atoms with Crippen molar-refractivity contribution in [3.05, 3.63) is 87.0 Å². The molecule has 1 saturated heterocycles. The Bertz CT molecular complexity index is 1450. The molecule has 1 saturated carbocycles. The number of allylic oxidation sites excluding steroid dienone is 6. The Morgan fingerprint density at radius 1 is 0.804 bits per heavy atom. The van der Waals surface area contributed by atoms with E-state index in [9.17, 15) is 5.41 Å². The topological polar surface area (TPSA) is 36.3 Å². The third-order valence-corrected chi connectivity index (χ3v) is 11.5. The van der Waals surface area contributed by atoms with Gasteiger partial charge >= 0.3 is 0 Å². The number of halogens is 1. The average Bonchev–Trinajstić information content (AvgIpc) is 3.77. The summed E-state index contributed by atoms with van der Waals surface area (Å²) < 4.78 is 21.8. The summed E-state index contributed by atoms with van der Waals surface area (Å²) in [4.78, 5) is 2.48. The van der Waals surface area contributed by atoms with E-state index in [0.717, 1.165) is 101 Å². The zero-order valence-corrected chi connectivity index (χ0v) is 40.6. The lowest BCUT2D eigenvalue weighted by Crippen LogP contribution is -2.34. The van der Waals surface area contributed by atoms with Gasteiger partial charge in [0.15, 0.2) is 0 Å². The van der Waals surface area contributed by atoms with E-state index < -0.39 is 0 Å². The molecule has 1 aromatic rings. The predicted octanol–water partition coefficient (Wildman–Crippen LogP) is 16.7. The average molecular weight is 779 g/mol. The highest BCUT2D eigenvalue weighted by Gasteiger charge is 2.38. The summed E-state index contributed by atoms with van der Waals surface area (Å²) >= 11 is 0. The Labute approximate surface area is 349 Å². The third-order valence-electron chi connectivity index (χ3n) is 11.5. The maximum Gasteiger partial charge on any atom is 0.136 e. The summed E-state index contributed by atoms with van der Waals surface area (Å²) in [6, 6.07) is 0.900. The third kappa shape index (κ3) is 16.5. The van der Waals surface area contributed by atoms with E-state index in [1.807, 2.05) is 62.3 Å². The first-order valence-corrected chi connectivity index (χ1v) is 22.4. The van der Waals surface area contributed by atoms with Gasteiger partial charge in [-0.2, -0.15) is 0 Å². The van der Waals surface area contributed by atoms with Gasteiger partial charge in [0.25, 0.3) is 0 Å². The standard InChI is InChI=1S/C33H49FN2.C8H14O.C5H12.C4H10.C2H6/c1-13-25-17-18-26(14-2)36(25)24(12)30-23(11)32(34)31(28(16-4)27(30)15-3)33(35)29(21(9)19(5)6)22(10)20(7)8;1-7(2)9-6-8(3)4-5-8;1-4-5(2)3;1-3-4-2;1-2/h25-26,35H,5,12-18H2,1-4,6-11H3;1,4-6H2,2-3H3;5H,4H2,1-3H3;3-4H2,1-2H3;1-2H3/b29-21-,35-33?;;;;. The molecule has 0 amide bonds. The van der Waals surface area contributed by atoms with Crippen molar-refractivity contribution in [2.75, 3.05) is 6.61 Å². The van der Waals surface area contributed by atoms with Crippen molar-refractivity contribution in [3.8, 4) is 0 Å². The quantitative estimate of drug-likeness (QED) is 0.109. The van der Waals surface area contributed by atoms with Gasteiger partial charge in [-0.1, -0.05) is 133 Å². The van der Waals surface area contributed by atoms with Gasteiger partial charge in [-0.05, 0) is 134 Å². The molecule has 4 heteroatoms. The van der Waals surface area contributed by atoms with Crippen LogP contribution < -0.4 is 0 Å². The summed E-state index contributed by atoms with van der Waals surface area (Å²) in [6.07, 6.45) is 12.5. The van der Waals surface area contributed by atoms with Crippen molar-refractivity contribution in [3.63, 3.8) is 0 Å². The Morgan fingerprint density at radius 3 is 1.54 bits per heavy atom. The van der Waals surface area contributed by atoms with Gasteiger partial charge in [0.05, 0.1) is 18.1 Å². The second kappa shape index (κ2) is 27.7. The van der Waals surface area contributed by atoms with E-state index in [2.05, 4.69) is 93.9 Å². The molecule has 0 bridgehead atoms. The molecule has 1 aromatic carbocycles. The second-order valence-electron chi connectivity index (χ2n) is 16.8. The van der Waals surface area contributed by atoms with Crippen LogP contribution in [0.25, 0.3) is 5.70 Å². The van der Waals surface area contributed by atoms with Gasteiger partial charge in [-0.15, -0.1) is 0 Å². The molecule has 1 aliphatic carbocycles. The van der Waals surface area contributed by atoms with Crippen molar-refractivity contribution in [1.29, 1.82) is 5.41 Å². The fourth-order valence-electron chi connectivity index (χ4n) is 6.62. The van der Waals surface area contributed by atoms with Gasteiger partial charge in [0.2, 0.25) is 0 Å². The van der Waals surface area contributed by atoms with Crippen LogP contribution in [0.4, 0.5) is 4.39 Å². The van der Waals surface area contributed by atoms with Gasteiger partial charge in [0.1, 0.15) is 5.82 Å². The Balaban J connectivity index is 0. The molecule has 3 nitrogen and oxygen atoms in total. The number of rotatable bonds is 15. The number of hydrogen-bond donors (Lipinski definition) is 1. The highest BCUT2D eigenvalue weighted by molar-refractivity contribution is 6.15. The molecule has 56 heavy (non-hydrogen) atoms. The molecule has 1 N–H and O–H groups in total. The fourth-order valence-corrected chi connectivity index (χ4v) is 6.62. The number of ether oxygens (including phenoxy) is 1. The van der Waals surface area contributed by atoms with Crippen LogP contribution in [0.5, 0.6) is 0 Å². The summed E-state index contributed by atoms with van der Waals surface area (Å²) in [5, 5.41) is 9.35. The lowest BCUT2D eigenvalue weighted by atomic mass is 9.81. The molecule has 3 rings (SSSR count). The highest BCUT2D eigenvalue weighted by atomic mass is 19.1. The smallest absolute Gasteiger partial charge is 0.136 e. The molecule has 2 unspecified atom stereocenters. The molecular formula is C52H91FN2O. The van der Waals surface area contributed by atoms with E-state index in [1.165, 1.54) is 32.1 Å². The zero-order valence-electron chi connectivity index (χ0n) is 40.6. The second-order valence-corrected chi connectivity index (χ2v) is 16.8. The summed E-state index contributed by atoms with van der Waals surface area (Å²) in [7, 11) is 0. The van der Waals surface area contributed by atoms with Crippen LogP contribution >= 0.6 is 0 Å². The molecule has 322 valence electrons. The van der Waals surface area contributed by atoms with Crippen LogP contribution in [0.2, 0.25) is 0 Å². The molecule has 2 fully saturated rings. The molecule has 1 aliphatic heterocycles. The molecule has 1 heterocycles. The highest BCUT2D eigenvalue weighted by Crippen LogP contribution is 2.45. The zero-order chi connectivity index (χ0) is 44.1. The van der Waals surface area contributed by atoms with Crippen LogP contribution in [-0.4, -0.2) is 29.3 Å². The summed E-state index contributed by atoms with van der Waals surface area (Å²) in [5.74, 6) is 1.44. The first-order chi connectivity index (χ1) is 26.2. The van der Waals surface area contributed by atoms with Crippen LogP contribution in [0.1, 0.15) is 210 Å². The monoisotopic (exact) mass is 779 g/mol. The fraction of sp³-hybridized carbons (Fsp3) is 0.673. The number of nitrogens with one attached hydrogen (secondary N) is 1. The maximum absolute atomic E-state index is 16.5. The minimum absolute atomic E-state index is 0.262. The van der Waals surface area contributed by atoms with Crippen molar-refractivity contribution < 1.29 is 9.13 Å². The van der Waals surface area contributed by atoms with Crippen LogP contribution in [0.15, 0.2) is 53.4 Å². The first kappa shape index (κ1) is 55.2. The van der Waals surface area contributed by atoms with E-state index in [4.69, 9.17) is 4.74 Å². The maximum atomic E-state index is 16.5. The van der Waals surface area contributed by atoms with Crippen molar-refractivity contribution in [1.82, 2.24) is 4.90 Å². The molecule has 2 aliphatic rings. The lowest BCUT2D eigenvalue weighted by molar-refractivity contribution is 0.165. The number of hydrogen-bond acceptors (Lipinski definition) is 3. The molecule has 0 radical (unpaired) electrons. The molecular weight excluding hydrogens is 688 g/mol. The van der Waals surface area contributed by atoms with Gasteiger partial charge in [0, 0.05) is 39.9 Å². The minimum atomic E-state index is -0.279. The number of unbranched alkanes of at least 4 members (excludes halogenated alkanes) is 1. The SMILES string of the molecule is C=C(C)/C(C)=C(\C(=N)c1c(F)c(C)c(C(=C)N2C(CC)CCC2CC)c(CC)c1CC)C(C)=C(C)C.C=C(C)OCC1(C)CC1.CC.CCC(C)C.CCCC. The minimum Gasteiger partial charge on any atom is -0.498 e. The number of likely N-dealkylation sites (tertiary alicyclic amines) is 1. The van der Waals surface area contributed by atoms with E-state index in [1.54, 1.807) is 0 Å². The van der Waals surface area contributed by atoms with Crippen molar-refractivity contribution in [2.45, 2.75) is 214 Å². The van der Waals surface area contributed by atoms with Crippen LogP contribution in [-0.2, 0) is 17.6 Å². The van der Waals surface area contributed by atoms with E-state index >= 15 is 4.39 Å². The van der Waals surface area contributed by atoms with E-state index in [-0.39, 0.29) is 11.5 Å². The first-order valence-electron chi connectivity index (χ1n) is 22.4. The van der Waals surface area contributed by atoms with Crippen LogP contribution in [0, 0.1) is 29.5 Å². The van der Waals surface area contributed by atoms with Crippen molar-refractivity contribution >= 4 is 11.4 Å². The van der Waals surface area contributed by atoms with Gasteiger partial charge in [-0.3, -0.25) is 5.41 Å². The Kier molecular flexibility index (Phi) is 27.3. The summed E-state index contributed by atoms with van der Waals surface area (Å²) in [5.41, 5.74) is 10.6. The Morgan fingerprint density at radius 2 is 1.23 bits per heavy atom. The number of benzene rings is 1. The Hall–Kier alpha value is -2.88. The normalized spacial score (nSPS) is 16.6. The summed E-state index contributed by atoms with van der Waals surface area (Å²) in [6.45, 7) is 53.0. The predicted molar refractivity (Wildman–Crippen MR) is 252 cm³/mol. The van der Waals surface area contributed by atoms with Gasteiger partial charge in [-0.25, -0.2) is 4.39 Å². The molecule has 0 aromatic heterocycles. The van der Waals surface area contributed by atoms with Crippen LogP contribution in [0.3, 0.4) is 0 Å². The number of nitrogens with zero attached hydrogens (tertiary/aromatic N) is 1.